The van der Waals surface area contributed by atoms with E-state index in [9.17, 15) is 9.70 Å². The number of carbonyl (C=O) groups excluding carboxylic acids is 1. The van der Waals surface area contributed by atoms with Crippen molar-refractivity contribution in [3.05, 3.63) is 40.3 Å². The van der Waals surface area contributed by atoms with E-state index in [1.807, 2.05) is 0 Å². The molecule has 68 valence electrons. The van der Waals surface area contributed by atoms with Crippen LogP contribution in [0.15, 0.2) is 29.4 Å². The summed E-state index contributed by atoms with van der Waals surface area (Å²) >= 11 is 0. The lowest BCUT2D eigenvalue weighted by Crippen LogP contribution is -2.10. The summed E-state index contributed by atoms with van der Waals surface area (Å²) in [4.78, 5) is 20.6. The van der Waals surface area contributed by atoms with Gasteiger partial charge in [-0.25, -0.2) is 0 Å². The van der Waals surface area contributed by atoms with E-state index in [4.69, 9.17) is 10.8 Å². The predicted molar refractivity (Wildman–Crippen MR) is 45.7 cm³/mol. The molecule has 0 aliphatic rings. The van der Waals surface area contributed by atoms with Crippen LogP contribution < -0.4 is 5.73 Å². The molecule has 0 aliphatic carbocycles. The van der Waals surface area contributed by atoms with E-state index in [0.29, 0.717) is 11.1 Å². The summed E-state index contributed by atoms with van der Waals surface area (Å²) in [5.41, 5.74) is 5.64. The van der Waals surface area contributed by atoms with E-state index in [1.165, 1.54) is 24.3 Å². The zero-order chi connectivity index (χ0) is 9.84. The summed E-state index contributed by atoms with van der Waals surface area (Å²) in [6, 6.07) is 5.69. The van der Waals surface area contributed by atoms with Crippen molar-refractivity contribution in [2.45, 2.75) is 6.23 Å². The molecule has 13 heavy (non-hydrogen) atoms. The molecule has 1 aromatic carbocycles. The number of benzene rings is 1. The zero-order valence-corrected chi connectivity index (χ0v) is 6.68. The second-order valence-corrected chi connectivity index (χ2v) is 2.47. The number of primary amides is 1. The zero-order valence-electron chi connectivity index (χ0n) is 6.68. The lowest BCUT2D eigenvalue weighted by Gasteiger charge is -2.01. The summed E-state index contributed by atoms with van der Waals surface area (Å²) < 4.78 is 0. The van der Waals surface area contributed by atoms with E-state index in [1.54, 1.807) is 0 Å². The van der Waals surface area contributed by atoms with Crippen LogP contribution in [0, 0.1) is 4.91 Å². The van der Waals surface area contributed by atoms with E-state index in [2.05, 4.69) is 5.18 Å². The Morgan fingerprint density at radius 3 is 2.31 bits per heavy atom. The number of nitrogens with two attached hydrogens (primary N) is 1. The van der Waals surface area contributed by atoms with Crippen LogP contribution in [0.2, 0.25) is 0 Å². The molecule has 0 heterocycles. The first-order valence-corrected chi connectivity index (χ1v) is 3.55. The van der Waals surface area contributed by atoms with E-state index in [-0.39, 0.29) is 0 Å². The molecule has 1 aromatic rings. The van der Waals surface area contributed by atoms with Gasteiger partial charge in [0.05, 0.1) is 0 Å². The van der Waals surface area contributed by atoms with Gasteiger partial charge in [-0.3, -0.25) is 4.79 Å². The van der Waals surface area contributed by atoms with Crippen LogP contribution in [0.25, 0.3) is 0 Å². The molecule has 1 rings (SSSR count). The highest BCUT2D eigenvalue weighted by Crippen LogP contribution is 2.13. The lowest BCUT2D eigenvalue weighted by atomic mass is 10.1. The average molecular weight is 180 g/mol. The normalized spacial score (nSPS) is 12.1. The first-order valence-electron chi connectivity index (χ1n) is 3.55. The number of carbonyl (C=O) groups is 1. The van der Waals surface area contributed by atoms with Gasteiger partial charge < -0.3 is 10.8 Å². The summed E-state index contributed by atoms with van der Waals surface area (Å²) in [7, 11) is 0. The second-order valence-electron chi connectivity index (χ2n) is 2.47. The van der Waals surface area contributed by atoms with Crippen LogP contribution in [0.4, 0.5) is 0 Å². The maximum atomic E-state index is 10.6. The Kier molecular flexibility index (Phi) is 2.71. The highest BCUT2D eigenvalue weighted by atomic mass is 16.3. The minimum absolute atomic E-state index is 0.321. The monoisotopic (exact) mass is 180 g/mol. The smallest absolute Gasteiger partial charge is 0.248 e. The third kappa shape index (κ3) is 2.09. The Bertz CT molecular complexity index is 321. The summed E-state index contributed by atoms with van der Waals surface area (Å²) in [6.45, 7) is 0. The SMILES string of the molecule is NC(=O)c1ccc(C(O)N=O)cc1. The first kappa shape index (κ1) is 9.34. The highest BCUT2D eigenvalue weighted by Gasteiger charge is 2.07. The molecule has 0 spiro atoms. The molecule has 3 N–H and O–H groups in total. The van der Waals surface area contributed by atoms with Crippen LogP contribution >= 0.6 is 0 Å². The van der Waals surface area contributed by atoms with Crippen molar-refractivity contribution in [3.8, 4) is 0 Å². The van der Waals surface area contributed by atoms with Gasteiger partial charge in [0.25, 0.3) is 0 Å². The molecule has 1 unspecified atom stereocenters. The van der Waals surface area contributed by atoms with Gasteiger partial charge in [0.2, 0.25) is 12.1 Å². The summed E-state index contributed by atoms with van der Waals surface area (Å²) in [5.74, 6) is -0.555. The van der Waals surface area contributed by atoms with Gasteiger partial charge in [0.15, 0.2) is 0 Å². The van der Waals surface area contributed by atoms with Crippen molar-refractivity contribution in [1.29, 1.82) is 0 Å². The highest BCUT2D eigenvalue weighted by molar-refractivity contribution is 5.92. The molecule has 0 bridgehead atoms. The molecule has 5 heteroatoms. The molecule has 0 saturated heterocycles. The van der Waals surface area contributed by atoms with Crippen molar-refractivity contribution in [1.82, 2.24) is 0 Å². The lowest BCUT2D eigenvalue weighted by molar-refractivity contribution is 0.1000. The minimum Gasteiger partial charge on any atom is -0.366 e. The van der Waals surface area contributed by atoms with Crippen LogP contribution in [0.3, 0.4) is 0 Å². The largest absolute Gasteiger partial charge is 0.366 e. The van der Waals surface area contributed by atoms with Crippen LogP contribution in [-0.2, 0) is 0 Å². The summed E-state index contributed by atoms with van der Waals surface area (Å²) in [6.07, 6.45) is -1.39. The topological polar surface area (TPSA) is 92.8 Å². The van der Waals surface area contributed by atoms with E-state index >= 15 is 0 Å². The fourth-order valence-corrected chi connectivity index (χ4v) is 0.880. The number of rotatable bonds is 3. The van der Waals surface area contributed by atoms with Crippen molar-refractivity contribution in [2.75, 3.05) is 0 Å². The second kappa shape index (κ2) is 3.77. The molecular formula is C8H8N2O3. The Labute approximate surface area is 74.2 Å². The van der Waals surface area contributed by atoms with Gasteiger partial charge >= 0.3 is 0 Å². The fraction of sp³-hybridized carbons (Fsp3) is 0.125. The van der Waals surface area contributed by atoms with Crippen molar-refractivity contribution < 1.29 is 9.90 Å². The number of amides is 1. The van der Waals surface area contributed by atoms with Gasteiger partial charge in [-0.2, -0.15) is 0 Å². The van der Waals surface area contributed by atoms with Crippen molar-refractivity contribution in [3.63, 3.8) is 0 Å². The number of hydrogen-bond acceptors (Lipinski definition) is 4. The van der Waals surface area contributed by atoms with E-state index in [0.717, 1.165) is 0 Å². The van der Waals surface area contributed by atoms with Gasteiger partial charge in [-0.15, -0.1) is 4.91 Å². The quantitative estimate of drug-likeness (QED) is 0.665. The van der Waals surface area contributed by atoms with Gasteiger partial charge in [-0.05, 0) is 17.3 Å². The Hall–Kier alpha value is -1.75. The first-order chi connectivity index (χ1) is 6.15. The van der Waals surface area contributed by atoms with Gasteiger partial charge in [0, 0.05) is 11.1 Å². The third-order valence-electron chi connectivity index (χ3n) is 1.59. The molecule has 0 aromatic heterocycles. The summed E-state index contributed by atoms with van der Waals surface area (Å²) in [5, 5.41) is 11.4. The molecule has 1 atom stereocenters. The van der Waals surface area contributed by atoms with Crippen LogP contribution in [0.5, 0.6) is 0 Å². The molecule has 1 amide bonds. The van der Waals surface area contributed by atoms with Gasteiger partial charge in [0.1, 0.15) is 0 Å². The predicted octanol–water partition coefficient (Wildman–Crippen LogP) is 0.543. The Morgan fingerprint density at radius 2 is 1.92 bits per heavy atom. The van der Waals surface area contributed by atoms with Crippen molar-refractivity contribution >= 4 is 5.91 Å². The van der Waals surface area contributed by atoms with Gasteiger partial charge in [-0.1, -0.05) is 12.1 Å². The molecule has 0 radical (unpaired) electrons. The van der Waals surface area contributed by atoms with Crippen LogP contribution in [0.1, 0.15) is 22.1 Å². The number of nitroso groups, excluding NO2 is 1. The molecular weight excluding hydrogens is 172 g/mol. The molecule has 0 saturated carbocycles. The Morgan fingerprint density at radius 1 is 1.38 bits per heavy atom. The standard InChI is InChI=1S/C8H8N2O3/c9-7(11)5-1-3-6(4-2-5)8(12)10-13/h1-4,8,12H,(H2,9,11). The minimum atomic E-state index is -1.39. The number of nitrogens with zero attached hydrogens (tertiary/aromatic N) is 1. The van der Waals surface area contributed by atoms with E-state index < -0.39 is 12.1 Å². The Balaban J connectivity index is 2.93. The van der Waals surface area contributed by atoms with Crippen molar-refractivity contribution in [2.24, 2.45) is 10.9 Å². The molecule has 0 fully saturated rings. The fourth-order valence-electron chi connectivity index (χ4n) is 0.880. The maximum absolute atomic E-state index is 10.6. The number of aliphatic hydroxyl groups excluding tert-OH is 1. The number of aliphatic hydroxyl groups is 1. The average Bonchev–Trinajstić information content (AvgIpc) is 2.17. The molecule has 5 nitrogen and oxygen atoms in total. The third-order valence-corrected chi connectivity index (χ3v) is 1.59. The van der Waals surface area contributed by atoms with Crippen LogP contribution in [-0.4, -0.2) is 11.0 Å². The number of hydrogen-bond donors (Lipinski definition) is 2. The molecule has 0 aliphatic heterocycles. The maximum Gasteiger partial charge on any atom is 0.248 e.